The highest BCUT2D eigenvalue weighted by Crippen LogP contribution is 2.45. The lowest BCUT2D eigenvalue weighted by Crippen LogP contribution is -1.95. The SMILES string of the molecule is c1ccc2c(c1)Sc1cc3ccc1n3-2. The third kappa shape index (κ3) is 0.654. The molecule has 0 N–H and O–H groups in total. The van der Waals surface area contributed by atoms with Crippen LogP contribution in [0.1, 0.15) is 0 Å². The molecule has 1 aromatic carbocycles. The Morgan fingerprint density at radius 2 is 1.86 bits per heavy atom. The summed E-state index contributed by atoms with van der Waals surface area (Å²) in [5.41, 5.74) is 3.99. The summed E-state index contributed by atoms with van der Waals surface area (Å²) in [6, 6.07) is 15.2. The molecule has 2 heteroatoms. The zero-order valence-corrected chi connectivity index (χ0v) is 8.21. The summed E-state index contributed by atoms with van der Waals surface area (Å²) in [6.07, 6.45) is 0. The van der Waals surface area contributed by atoms with E-state index in [-0.39, 0.29) is 0 Å². The molecule has 0 atom stereocenters. The van der Waals surface area contributed by atoms with Gasteiger partial charge in [-0.1, -0.05) is 23.9 Å². The predicted octanol–water partition coefficient (Wildman–Crippen LogP) is 3.53. The van der Waals surface area contributed by atoms with E-state index in [0.29, 0.717) is 0 Å². The van der Waals surface area contributed by atoms with Crippen molar-refractivity contribution in [1.29, 1.82) is 0 Å². The molecule has 1 nitrogen and oxygen atoms in total. The van der Waals surface area contributed by atoms with Crippen LogP contribution in [-0.4, -0.2) is 4.57 Å². The number of nitrogens with zero attached hydrogens (tertiary/aromatic N) is 1. The van der Waals surface area contributed by atoms with Gasteiger partial charge in [-0.15, -0.1) is 0 Å². The second-order valence-corrected chi connectivity index (χ2v) is 4.64. The first kappa shape index (κ1) is 6.96. The molecule has 4 bridgehead atoms. The molecule has 14 heavy (non-hydrogen) atoms. The van der Waals surface area contributed by atoms with Crippen LogP contribution in [-0.2, 0) is 0 Å². The molecule has 0 fully saturated rings. The van der Waals surface area contributed by atoms with Crippen molar-refractivity contribution in [2.24, 2.45) is 0 Å². The second-order valence-electron chi connectivity index (χ2n) is 3.56. The molecule has 0 amide bonds. The van der Waals surface area contributed by atoms with Gasteiger partial charge in [0.15, 0.2) is 0 Å². The molecule has 3 heterocycles. The lowest BCUT2D eigenvalue weighted by molar-refractivity contribution is 1.12. The Kier molecular flexibility index (Phi) is 1.07. The van der Waals surface area contributed by atoms with Crippen LogP contribution in [0.4, 0.5) is 0 Å². The van der Waals surface area contributed by atoms with Crippen molar-refractivity contribution in [3.05, 3.63) is 42.5 Å². The number of hydrogen-bond donors (Lipinski definition) is 0. The summed E-state index contributed by atoms with van der Waals surface area (Å²) in [6.45, 7) is 0. The first-order valence-corrected chi connectivity index (χ1v) is 5.46. The Hall–Kier alpha value is -1.41. The normalized spacial score (nSPS) is 13.4. The van der Waals surface area contributed by atoms with E-state index in [0.717, 1.165) is 0 Å². The molecule has 2 aromatic heterocycles. The molecule has 0 spiro atoms. The van der Waals surface area contributed by atoms with Gasteiger partial charge >= 0.3 is 0 Å². The monoisotopic (exact) mass is 197 g/mol. The van der Waals surface area contributed by atoms with Crippen molar-refractivity contribution < 1.29 is 0 Å². The number of aromatic nitrogens is 1. The van der Waals surface area contributed by atoms with Crippen molar-refractivity contribution >= 4 is 22.8 Å². The Morgan fingerprint density at radius 1 is 0.929 bits per heavy atom. The molecular weight excluding hydrogens is 190 g/mol. The maximum Gasteiger partial charge on any atom is 0.0603 e. The zero-order valence-electron chi connectivity index (χ0n) is 7.40. The molecule has 4 rings (SSSR count). The molecule has 0 aliphatic carbocycles. The number of rotatable bonds is 0. The van der Waals surface area contributed by atoms with Gasteiger partial charge < -0.3 is 4.57 Å². The first-order chi connectivity index (χ1) is 6.93. The van der Waals surface area contributed by atoms with Crippen LogP contribution in [0.5, 0.6) is 0 Å². The average molecular weight is 197 g/mol. The molecule has 0 saturated carbocycles. The van der Waals surface area contributed by atoms with Crippen LogP contribution < -0.4 is 0 Å². The van der Waals surface area contributed by atoms with Gasteiger partial charge in [-0.25, -0.2) is 0 Å². The lowest BCUT2D eigenvalue weighted by atomic mass is 10.3. The smallest absolute Gasteiger partial charge is 0.0603 e. The van der Waals surface area contributed by atoms with Crippen LogP contribution in [0.15, 0.2) is 52.3 Å². The summed E-state index contributed by atoms with van der Waals surface area (Å²) < 4.78 is 2.33. The topological polar surface area (TPSA) is 4.93 Å². The van der Waals surface area contributed by atoms with Crippen LogP contribution in [0, 0.1) is 0 Å². The highest BCUT2D eigenvalue weighted by atomic mass is 32.2. The van der Waals surface area contributed by atoms with Crippen LogP contribution in [0.25, 0.3) is 16.7 Å². The predicted molar refractivity (Wildman–Crippen MR) is 58.6 cm³/mol. The summed E-state index contributed by atoms with van der Waals surface area (Å²) in [7, 11) is 0. The molecule has 0 unspecified atom stereocenters. The highest BCUT2D eigenvalue weighted by Gasteiger charge is 2.20. The van der Waals surface area contributed by atoms with E-state index in [9.17, 15) is 0 Å². The molecule has 0 radical (unpaired) electrons. The van der Waals surface area contributed by atoms with Gasteiger partial charge in [-0.3, -0.25) is 0 Å². The lowest BCUT2D eigenvalue weighted by Gasteiger charge is -2.14. The molecule has 0 saturated heterocycles. The van der Waals surface area contributed by atoms with Crippen molar-refractivity contribution in [3.8, 4) is 5.69 Å². The number of fused-ring (bicyclic) bond motifs is 1. The van der Waals surface area contributed by atoms with E-state index < -0.39 is 0 Å². The van der Waals surface area contributed by atoms with Crippen LogP contribution in [0.2, 0.25) is 0 Å². The Bertz CT molecular complexity index is 624. The average Bonchev–Trinajstić information content (AvgIpc) is 2.73. The summed E-state index contributed by atoms with van der Waals surface area (Å²) in [5.74, 6) is 0. The molecular formula is C12H7NS. The Labute approximate surface area is 85.7 Å². The minimum atomic E-state index is 1.31. The first-order valence-electron chi connectivity index (χ1n) is 4.64. The fourth-order valence-electron chi connectivity index (χ4n) is 2.16. The van der Waals surface area contributed by atoms with Crippen molar-refractivity contribution in [3.63, 3.8) is 0 Å². The minimum Gasteiger partial charge on any atom is -0.308 e. The van der Waals surface area contributed by atoms with E-state index in [1.54, 1.807) is 0 Å². The van der Waals surface area contributed by atoms with Gasteiger partial charge in [-0.2, -0.15) is 0 Å². The van der Waals surface area contributed by atoms with Gasteiger partial charge in [0.2, 0.25) is 0 Å². The van der Waals surface area contributed by atoms with Crippen molar-refractivity contribution in [1.82, 2.24) is 4.57 Å². The van der Waals surface area contributed by atoms with Crippen LogP contribution in [0.3, 0.4) is 0 Å². The van der Waals surface area contributed by atoms with Crippen molar-refractivity contribution in [2.75, 3.05) is 0 Å². The van der Waals surface area contributed by atoms with E-state index in [4.69, 9.17) is 0 Å². The third-order valence-corrected chi connectivity index (χ3v) is 3.88. The molecule has 3 aromatic rings. The molecule has 1 aliphatic heterocycles. The van der Waals surface area contributed by atoms with Gasteiger partial charge in [-0.05, 0) is 30.3 Å². The maximum absolute atomic E-state index is 2.33. The summed E-state index contributed by atoms with van der Waals surface area (Å²) in [5, 5.41) is 0. The number of hydrogen-bond acceptors (Lipinski definition) is 1. The number of benzene rings is 2. The van der Waals surface area contributed by atoms with Gasteiger partial charge in [0.25, 0.3) is 0 Å². The largest absolute Gasteiger partial charge is 0.308 e. The Morgan fingerprint density at radius 3 is 2.86 bits per heavy atom. The van der Waals surface area contributed by atoms with Gasteiger partial charge in [0.05, 0.1) is 11.2 Å². The quantitative estimate of drug-likeness (QED) is 0.417. The van der Waals surface area contributed by atoms with E-state index >= 15 is 0 Å². The second kappa shape index (κ2) is 2.15. The fourth-order valence-corrected chi connectivity index (χ4v) is 3.25. The third-order valence-electron chi connectivity index (χ3n) is 2.77. The fraction of sp³-hybridized carbons (Fsp3) is 0. The van der Waals surface area contributed by atoms with Gasteiger partial charge in [0, 0.05) is 15.3 Å². The standard InChI is InChI=1S/C12H7NS/c1-2-4-11-9(3-1)13-8-5-6-10(13)12(7-8)14-11/h1-7H. The van der Waals surface area contributed by atoms with E-state index in [1.165, 1.54) is 26.5 Å². The molecule has 66 valence electrons. The van der Waals surface area contributed by atoms with E-state index in [2.05, 4.69) is 47.0 Å². The van der Waals surface area contributed by atoms with Gasteiger partial charge in [0.1, 0.15) is 0 Å². The zero-order chi connectivity index (χ0) is 9.12. The van der Waals surface area contributed by atoms with Crippen molar-refractivity contribution in [2.45, 2.75) is 9.79 Å². The van der Waals surface area contributed by atoms with E-state index in [1.807, 2.05) is 11.8 Å². The van der Waals surface area contributed by atoms with Crippen LogP contribution >= 0.6 is 11.8 Å². The summed E-state index contributed by atoms with van der Waals surface area (Å²) >= 11 is 1.87. The number of para-hydroxylation sites is 1. The highest BCUT2D eigenvalue weighted by molar-refractivity contribution is 7.99. The Balaban J connectivity index is 2.24. The minimum absolute atomic E-state index is 1.31. The maximum atomic E-state index is 2.33. The molecule has 1 aliphatic rings. The summed E-state index contributed by atoms with van der Waals surface area (Å²) in [4.78, 5) is 2.75.